The zero-order chi connectivity index (χ0) is 19.1. The summed E-state index contributed by atoms with van der Waals surface area (Å²) in [6.07, 6.45) is 0.834. The summed E-state index contributed by atoms with van der Waals surface area (Å²) in [5.74, 6) is -0.668. The number of carbonyl (C=O) groups excluding carboxylic acids is 3. The molecule has 136 valence electrons. The number of hydrogen-bond acceptors (Lipinski definition) is 3. The number of amides is 3. The third kappa shape index (κ3) is 5.44. The first kappa shape index (κ1) is 19.2. The van der Waals surface area contributed by atoms with Crippen molar-refractivity contribution in [3.8, 4) is 0 Å². The molecule has 0 spiro atoms. The van der Waals surface area contributed by atoms with Crippen LogP contribution in [-0.2, 0) is 4.79 Å². The van der Waals surface area contributed by atoms with Crippen LogP contribution < -0.4 is 16.0 Å². The van der Waals surface area contributed by atoms with Crippen molar-refractivity contribution in [2.24, 2.45) is 0 Å². The fourth-order valence-electron chi connectivity index (χ4n) is 2.25. The van der Waals surface area contributed by atoms with Gasteiger partial charge in [0, 0.05) is 35.5 Å². The van der Waals surface area contributed by atoms with Crippen molar-refractivity contribution in [2.75, 3.05) is 10.6 Å². The Morgan fingerprint density at radius 1 is 0.885 bits per heavy atom. The molecule has 0 radical (unpaired) electrons. The van der Waals surface area contributed by atoms with Crippen LogP contribution in [0.25, 0.3) is 0 Å². The summed E-state index contributed by atoms with van der Waals surface area (Å²) in [6.45, 7) is 5.35. The molecule has 2 rings (SSSR count). The Hall–Kier alpha value is -3.15. The lowest BCUT2D eigenvalue weighted by Gasteiger charge is -2.12. The molecule has 0 heterocycles. The summed E-state index contributed by atoms with van der Waals surface area (Å²) >= 11 is 0. The average molecular weight is 353 g/mol. The molecule has 3 N–H and O–H groups in total. The summed E-state index contributed by atoms with van der Waals surface area (Å²) in [7, 11) is 0. The van der Waals surface area contributed by atoms with Crippen molar-refractivity contribution in [1.82, 2.24) is 5.32 Å². The number of rotatable bonds is 6. The standard InChI is InChI=1S/C20H23N3O3/c1-4-13(2)21-19(25)15-6-5-7-16(12-15)20(26)23-18-10-8-17(9-11-18)22-14(3)24/h5-13H,4H2,1-3H3,(H,21,25)(H,22,24)(H,23,26). The molecule has 6 heteroatoms. The highest BCUT2D eigenvalue weighted by atomic mass is 16.2. The van der Waals surface area contributed by atoms with Gasteiger partial charge in [-0.15, -0.1) is 0 Å². The van der Waals surface area contributed by atoms with Crippen molar-refractivity contribution >= 4 is 29.1 Å². The summed E-state index contributed by atoms with van der Waals surface area (Å²) < 4.78 is 0. The zero-order valence-corrected chi connectivity index (χ0v) is 15.1. The Kier molecular flexibility index (Phi) is 6.49. The second-order valence-electron chi connectivity index (χ2n) is 6.08. The lowest BCUT2D eigenvalue weighted by atomic mass is 10.1. The van der Waals surface area contributed by atoms with E-state index in [-0.39, 0.29) is 23.8 Å². The minimum absolute atomic E-state index is 0.0714. The van der Waals surface area contributed by atoms with Gasteiger partial charge in [-0.25, -0.2) is 0 Å². The van der Waals surface area contributed by atoms with Crippen molar-refractivity contribution in [3.63, 3.8) is 0 Å². The molecule has 26 heavy (non-hydrogen) atoms. The van der Waals surface area contributed by atoms with Gasteiger partial charge in [0.1, 0.15) is 0 Å². The fourth-order valence-corrected chi connectivity index (χ4v) is 2.25. The maximum Gasteiger partial charge on any atom is 0.255 e. The van der Waals surface area contributed by atoms with E-state index in [1.807, 2.05) is 13.8 Å². The lowest BCUT2D eigenvalue weighted by molar-refractivity contribution is -0.114. The van der Waals surface area contributed by atoms with Crippen molar-refractivity contribution < 1.29 is 14.4 Å². The van der Waals surface area contributed by atoms with Gasteiger partial charge >= 0.3 is 0 Å². The third-order valence-electron chi connectivity index (χ3n) is 3.84. The maximum absolute atomic E-state index is 12.4. The average Bonchev–Trinajstić information content (AvgIpc) is 2.62. The summed E-state index contributed by atoms with van der Waals surface area (Å²) in [6, 6.07) is 13.4. The van der Waals surface area contributed by atoms with Gasteiger partial charge in [0.05, 0.1) is 0 Å². The lowest BCUT2D eigenvalue weighted by Crippen LogP contribution is -2.32. The first-order valence-electron chi connectivity index (χ1n) is 8.49. The van der Waals surface area contributed by atoms with E-state index in [1.54, 1.807) is 48.5 Å². The Morgan fingerprint density at radius 2 is 1.42 bits per heavy atom. The van der Waals surface area contributed by atoms with Gasteiger partial charge in [-0.1, -0.05) is 13.0 Å². The smallest absolute Gasteiger partial charge is 0.255 e. The second kappa shape index (κ2) is 8.80. The van der Waals surface area contributed by atoms with Crippen LogP contribution in [-0.4, -0.2) is 23.8 Å². The minimum Gasteiger partial charge on any atom is -0.350 e. The molecule has 3 amide bonds. The molecular formula is C20H23N3O3. The SMILES string of the molecule is CCC(C)NC(=O)c1cccc(C(=O)Nc2ccc(NC(C)=O)cc2)c1. The minimum atomic E-state index is -0.310. The van der Waals surface area contributed by atoms with E-state index in [1.165, 1.54) is 6.92 Å². The number of benzene rings is 2. The van der Waals surface area contributed by atoms with Crippen molar-refractivity contribution in [3.05, 3.63) is 59.7 Å². The van der Waals surface area contributed by atoms with Gasteiger partial charge in [0.25, 0.3) is 11.8 Å². The summed E-state index contributed by atoms with van der Waals surface area (Å²) in [5, 5.41) is 8.31. The molecule has 0 saturated carbocycles. The van der Waals surface area contributed by atoms with Gasteiger partial charge in [-0.05, 0) is 55.8 Å². The highest BCUT2D eigenvalue weighted by Gasteiger charge is 2.12. The second-order valence-corrected chi connectivity index (χ2v) is 6.08. The molecule has 6 nitrogen and oxygen atoms in total. The van der Waals surface area contributed by atoms with Gasteiger partial charge in [0.15, 0.2) is 0 Å². The molecule has 0 saturated heterocycles. The van der Waals surface area contributed by atoms with Crippen LogP contribution in [0.4, 0.5) is 11.4 Å². The van der Waals surface area contributed by atoms with Gasteiger partial charge in [-0.2, -0.15) is 0 Å². The molecule has 0 aliphatic rings. The first-order chi connectivity index (χ1) is 12.4. The molecule has 1 atom stereocenters. The normalized spacial score (nSPS) is 11.3. The molecule has 0 aliphatic heterocycles. The largest absolute Gasteiger partial charge is 0.350 e. The molecule has 2 aromatic rings. The predicted octanol–water partition coefficient (Wildman–Crippen LogP) is 3.43. The molecule has 0 aromatic heterocycles. The predicted molar refractivity (Wildman–Crippen MR) is 102 cm³/mol. The van der Waals surface area contributed by atoms with Crippen LogP contribution in [0, 0.1) is 0 Å². The number of nitrogens with one attached hydrogen (secondary N) is 3. The van der Waals surface area contributed by atoms with E-state index in [9.17, 15) is 14.4 Å². The van der Waals surface area contributed by atoms with Gasteiger partial charge in [0.2, 0.25) is 5.91 Å². The van der Waals surface area contributed by atoms with Crippen LogP contribution >= 0.6 is 0 Å². The van der Waals surface area contributed by atoms with E-state index in [0.717, 1.165) is 6.42 Å². The Bertz CT molecular complexity index is 800. The van der Waals surface area contributed by atoms with Gasteiger partial charge in [-0.3, -0.25) is 14.4 Å². The number of hydrogen-bond donors (Lipinski definition) is 3. The number of carbonyl (C=O) groups is 3. The maximum atomic E-state index is 12.4. The van der Waals surface area contributed by atoms with E-state index < -0.39 is 0 Å². The number of anilines is 2. The monoisotopic (exact) mass is 353 g/mol. The van der Waals surface area contributed by atoms with Crippen LogP contribution in [0.2, 0.25) is 0 Å². The third-order valence-corrected chi connectivity index (χ3v) is 3.84. The summed E-state index contributed by atoms with van der Waals surface area (Å²) in [4.78, 5) is 35.6. The van der Waals surface area contributed by atoms with Crippen LogP contribution in [0.3, 0.4) is 0 Å². The summed E-state index contributed by atoms with van der Waals surface area (Å²) in [5.41, 5.74) is 2.09. The first-order valence-corrected chi connectivity index (χ1v) is 8.49. The quantitative estimate of drug-likeness (QED) is 0.743. The molecule has 0 fully saturated rings. The highest BCUT2D eigenvalue weighted by Crippen LogP contribution is 2.15. The Labute approximate surface area is 153 Å². The fraction of sp³-hybridized carbons (Fsp3) is 0.250. The van der Waals surface area contributed by atoms with Crippen LogP contribution in [0.15, 0.2) is 48.5 Å². The zero-order valence-electron chi connectivity index (χ0n) is 15.1. The van der Waals surface area contributed by atoms with E-state index in [4.69, 9.17) is 0 Å². The molecule has 1 unspecified atom stereocenters. The van der Waals surface area contributed by atoms with E-state index in [0.29, 0.717) is 22.5 Å². The topological polar surface area (TPSA) is 87.3 Å². The van der Waals surface area contributed by atoms with E-state index >= 15 is 0 Å². The van der Waals surface area contributed by atoms with Crippen molar-refractivity contribution in [2.45, 2.75) is 33.2 Å². The Morgan fingerprint density at radius 3 is 1.96 bits per heavy atom. The molecule has 2 aromatic carbocycles. The van der Waals surface area contributed by atoms with Crippen molar-refractivity contribution in [1.29, 1.82) is 0 Å². The van der Waals surface area contributed by atoms with Crippen LogP contribution in [0.5, 0.6) is 0 Å². The molecule has 0 bridgehead atoms. The van der Waals surface area contributed by atoms with Crippen LogP contribution in [0.1, 0.15) is 47.9 Å². The molecular weight excluding hydrogens is 330 g/mol. The highest BCUT2D eigenvalue weighted by molar-refractivity contribution is 6.06. The Balaban J connectivity index is 2.06. The molecule has 0 aliphatic carbocycles. The van der Waals surface area contributed by atoms with E-state index in [2.05, 4.69) is 16.0 Å². The van der Waals surface area contributed by atoms with Gasteiger partial charge < -0.3 is 16.0 Å².